The lowest BCUT2D eigenvalue weighted by Gasteiger charge is -2.14. The summed E-state index contributed by atoms with van der Waals surface area (Å²) < 4.78 is 5.82. The monoisotopic (exact) mass is 337 g/mol. The van der Waals surface area contributed by atoms with E-state index in [-0.39, 0.29) is 5.78 Å². The zero-order valence-electron chi connectivity index (χ0n) is 15.5. The molecule has 0 aliphatic rings. The predicted octanol–water partition coefficient (Wildman–Crippen LogP) is 4.78. The molecule has 0 N–H and O–H groups in total. The summed E-state index contributed by atoms with van der Waals surface area (Å²) in [6.07, 6.45) is 2.44. The summed E-state index contributed by atoms with van der Waals surface area (Å²) in [7, 11) is 3.86. The van der Waals surface area contributed by atoms with Crippen LogP contribution in [0.25, 0.3) is 5.57 Å². The second kappa shape index (κ2) is 9.07. The van der Waals surface area contributed by atoms with E-state index in [0.717, 1.165) is 22.4 Å². The maximum Gasteiger partial charge on any atom is 0.165 e. The minimum Gasteiger partial charge on any atom is -0.489 e. The molecule has 0 heterocycles. The topological polar surface area (TPSA) is 29.5 Å². The van der Waals surface area contributed by atoms with Crippen LogP contribution in [-0.4, -0.2) is 24.8 Å². The van der Waals surface area contributed by atoms with Gasteiger partial charge in [-0.25, -0.2) is 0 Å². The van der Waals surface area contributed by atoms with Crippen molar-refractivity contribution in [3.8, 4) is 5.75 Å². The molecule has 3 heteroatoms. The first-order chi connectivity index (χ1) is 12.0. The molecule has 0 radical (unpaired) electrons. The highest BCUT2D eigenvalue weighted by atomic mass is 16.5. The van der Waals surface area contributed by atoms with E-state index in [9.17, 15) is 4.79 Å². The molecule has 2 aromatic carbocycles. The molecule has 25 heavy (non-hydrogen) atoms. The van der Waals surface area contributed by atoms with Gasteiger partial charge < -0.3 is 9.64 Å². The molecule has 132 valence electrons. The summed E-state index contributed by atoms with van der Waals surface area (Å²) >= 11 is 0. The van der Waals surface area contributed by atoms with Crippen molar-refractivity contribution in [2.75, 3.05) is 14.1 Å². The van der Waals surface area contributed by atoms with Crippen LogP contribution in [0.2, 0.25) is 0 Å². The molecule has 0 atom stereocenters. The number of nitrogens with zero attached hydrogens (tertiary/aromatic N) is 1. The number of ketones is 1. The molecule has 0 amide bonds. The highest BCUT2D eigenvalue weighted by Crippen LogP contribution is 2.23. The average molecular weight is 337 g/mol. The highest BCUT2D eigenvalue weighted by Gasteiger charge is 2.14. The smallest absolute Gasteiger partial charge is 0.165 e. The number of carbonyl (C=O) groups is 1. The lowest BCUT2D eigenvalue weighted by Crippen LogP contribution is -2.10. The fraction of sp³-hybridized carbons (Fsp3) is 0.318. The average Bonchev–Trinajstić information content (AvgIpc) is 2.58. The Bertz CT molecular complexity index is 701. The van der Waals surface area contributed by atoms with Gasteiger partial charge in [0.15, 0.2) is 5.78 Å². The van der Waals surface area contributed by atoms with Gasteiger partial charge in [-0.15, -0.1) is 0 Å². The number of allylic oxidation sites excluding steroid dienone is 1. The molecule has 0 aliphatic heterocycles. The van der Waals surface area contributed by atoms with Gasteiger partial charge in [-0.05, 0) is 29.2 Å². The van der Waals surface area contributed by atoms with Crippen LogP contribution >= 0.6 is 0 Å². The van der Waals surface area contributed by atoms with Gasteiger partial charge in [0.05, 0.1) is 0 Å². The third-order valence-corrected chi connectivity index (χ3v) is 3.69. The Labute approximate surface area is 150 Å². The summed E-state index contributed by atoms with van der Waals surface area (Å²) in [6, 6.07) is 17.8. The number of carbonyl (C=O) groups excluding carboxylic acids is 1. The fourth-order valence-corrected chi connectivity index (χ4v) is 2.52. The van der Waals surface area contributed by atoms with Crippen LogP contribution in [0, 0.1) is 5.92 Å². The van der Waals surface area contributed by atoms with E-state index in [0.29, 0.717) is 18.9 Å². The molecule has 0 aliphatic carbocycles. The van der Waals surface area contributed by atoms with Gasteiger partial charge in [-0.1, -0.05) is 56.3 Å². The van der Waals surface area contributed by atoms with Gasteiger partial charge in [0.25, 0.3) is 0 Å². The number of ether oxygens (including phenoxy) is 1. The van der Waals surface area contributed by atoms with Crippen molar-refractivity contribution in [2.45, 2.75) is 26.9 Å². The Morgan fingerprint density at radius 3 is 2.24 bits per heavy atom. The minimum absolute atomic E-state index is 0.168. The molecule has 0 bridgehead atoms. The van der Waals surface area contributed by atoms with Crippen molar-refractivity contribution in [1.82, 2.24) is 4.90 Å². The molecule has 0 saturated heterocycles. The largest absolute Gasteiger partial charge is 0.489 e. The molecule has 0 saturated carbocycles. The maximum absolute atomic E-state index is 12.6. The molecule has 2 rings (SSSR count). The number of hydrogen-bond acceptors (Lipinski definition) is 3. The van der Waals surface area contributed by atoms with Crippen molar-refractivity contribution in [2.24, 2.45) is 5.92 Å². The van der Waals surface area contributed by atoms with Gasteiger partial charge in [0.1, 0.15) is 12.4 Å². The normalized spacial score (nSPS) is 11.5. The third-order valence-electron chi connectivity index (χ3n) is 3.69. The molecule has 2 aromatic rings. The van der Waals surface area contributed by atoms with Crippen LogP contribution in [-0.2, 0) is 11.4 Å². The standard InChI is InChI=1S/C22H27NO2/c1-17(2)14-22(24)21(15-23(3)4)19-10-12-20(13-11-19)25-16-18-8-6-5-7-9-18/h5-13,15,17H,14,16H2,1-4H3/b21-15+. The van der Waals surface area contributed by atoms with Gasteiger partial charge in [0.2, 0.25) is 0 Å². The van der Waals surface area contributed by atoms with E-state index in [1.54, 1.807) is 0 Å². The highest BCUT2D eigenvalue weighted by molar-refractivity contribution is 6.20. The van der Waals surface area contributed by atoms with Crippen molar-refractivity contribution < 1.29 is 9.53 Å². The molecule has 0 unspecified atom stereocenters. The first-order valence-electron chi connectivity index (χ1n) is 8.64. The summed E-state index contributed by atoms with van der Waals surface area (Å²) in [4.78, 5) is 14.5. The molecular weight excluding hydrogens is 310 g/mol. The number of hydrogen-bond donors (Lipinski definition) is 0. The van der Waals surface area contributed by atoms with Crippen LogP contribution in [0.5, 0.6) is 5.75 Å². The van der Waals surface area contributed by atoms with Crippen LogP contribution < -0.4 is 4.74 Å². The van der Waals surface area contributed by atoms with E-state index >= 15 is 0 Å². The van der Waals surface area contributed by atoms with Crippen molar-refractivity contribution >= 4 is 11.4 Å². The molecule has 0 fully saturated rings. The van der Waals surface area contributed by atoms with Gasteiger partial charge in [0, 0.05) is 32.3 Å². The summed E-state index contributed by atoms with van der Waals surface area (Å²) in [6.45, 7) is 4.66. The first-order valence-corrected chi connectivity index (χ1v) is 8.64. The SMILES string of the molecule is CC(C)CC(=O)/C(=C/N(C)C)c1ccc(OCc2ccccc2)cc1. The Kier molecular flexibility index (Phi) is 6.81. The second-order valence-corrected chi connectivity index (χ2v) is 6.83. The van der Waals surface area contributed by atoms with Crippen LogP contribution in [0.4, 0.5) is 0 Å². The van der Waals surface area contributed by atoms with Crippen molar-refractivity contribution in [3.63, 3.8) is 0 Å². The van der Waals surface area contributed by atoms with E-state index in [2.05, 4.69) is 13.8 Å². The number of benzene rings is 2. The Morgan fingerprint density at radius 2 is 1.68 bits per heavy atom. The predicted molar refractivity (Wildman–Crippen MR) is 103 cm³/mol. The van der Waals surface area contributed by atoms with E-state index < -0.39 is 0 Å². The summed E-state index contributed by atoms with van der Waals surface area (Å²) in [5.74, 6) is 1.31. The van der Waals surface area contributed by atoms with Crippen molar-refractivity contribution in [3.05, 3.63) is 71.9 Å². The zero-order chi connectivity index (χ0) is 18.2. The maximum atomic E-state index is 12.6. The quantitative estimate of drug-likeness (QED) is 0.649. The Hall–Kier alpha value is -2.55. The summed E-state index contributed by atoms with van der Waals surface area (Å²) in [5, 5.41) is 0. The van der Waals surface area contributed by atoms with Crippen molar-refractivity contribution in [1.29, 1.82) is 0 Å². The Balaban J connectivity index is 2.11. The minimum atomic E-state index is 0.168. The number of rotatable bonds is 8. The first kappa shape index (κ1) is 18.8. The van der Waals surface area contributed by atoms with Crippen LogP contribution in [0.3, 0.4) is 0 Å². The van der Waals surface area contributed by atoms with Crippen LogP contribution in [0.15, 0.2) is 60.8 Å². The molecular formula is C22H27NO2. The fourth-order valence-electron chi connectivity index (χ4n) is 2.52. The van der Waals surface area contributed by atoms with E-state index in [1.165, 1.54) is 0 Å². The molecule has 0 aromatic heterocycles. The van der Waals surface area contributed by atoms with Gasteiger partial charge in [-0.2, -0.15) is 0 Å². The van der Waals surface area contributed by atoms with Crippen LogP contribution in [0.1, 0.15) is 31.4 Å². The second-order valence-electron chi connectivity index (χ2n) is 6.83. The lowest BCUT2D eigenvalue weighted by molar-refractivity contribution is -0.114. The Morgan fingerprint density at radius 1 is 1.04 bits per heavy atom. The molecule has 0 spiro atoms. The summed E-state index contributed by atoms with van der Waals surface area (Å²) in [5.41, 5.74) is 2.80. The lowest BCUT2D eigenvalue weighted by atomic mass is 9.96. The third kappa shape index (κ3) is 6.11. The number of Topliss-reactive ketones (excluding diaryl/α,β-unsaturated/α-hetero) is 1. The van der Waals surface area contributed by atoms with Gasteiger partial charge >= 0.3 is 0 Å². The van der Waals surface area contributed by atoms with Gasteiger partial charge in [-0.3, -0.25) is 4.79 Å². The van der Waals surface area contributed by atoms with E-state index in [4.69, 9.17) is 4.74 Å². The zero-order valence-corrected chi connectivity index (χ0v) is 15.5. The molecule has 3 nitrogen and oxygen atoms in total. The van der Waals surface area contributed by atoms with E-state index in [1.807, 2.05) is 79.8 Å².